The number of rotatable bonds is 6. The van der Waals surface area contributed by atoms with Gasteiger partial charge in [0.15, 0.2) is 0 Å². The SMILES string of the molecule is CC12NC(Cc3cc(NC(=O)CCCCCN)ccc31)c1ccccc12. The first-order valence-electron chi connectivity index (χ1n) is 9.62. The molecule has 2 aliphatic heterocycles. The van der Waals surface area contributed by atoms with Gasteiger partial charge in [0.05, 0.1) is 5.54 Å². The molecule has 4 heteroatoms. The van der Waals surface area contributed by atoms with Crippen molar-refractivity contribution in [3.05, 3.63) is 64.7 Å². The molecule has 0 saturated carbocycles. The Labute approximate surface area is 155 Å². The maximum atomic E-state index is 12.2. The Hall–Kier alpha value is -2.17. The Balaban J connectivity index is 1.52. The zero-order valence-electron chi connectivity index (χ0n) is 15.3. The van der Waals surface area contributed by atoms with Crippen LogP contribution < -0.4 is 16.4 Å². The molecule has 4 nitrogen and oxygen atoms in total. The molecule has 1 amide bonds. The van der Waals surface area contributed by atoms with Crippen LogP contribution in [0.2, 0.25) is 0 Å². The zero-order valence-corrected chi connectivity index (χ0v) is 15.3. The van der Waals surface area contributed by atoms with E-state index in [9.17, 15) is 4.79 Å². The summed E-state index contributed by atoms with van der Waals surface area (Å²) in [6, 6.07) is 15.4. The van der Waals surface area contributed by atoms with Crippen LogP contribution >= 0.6 is 0 Å². The summed E-state index contributed by atoms with van der Waals surface area (Å²) in [4.78, 5) is 12.2. The third-order valence-corrected chi connectivity index (χ3v) is 5.80. The van der Waals surface area contributed by atoms with E-state index in [1.807, 2.05) is 6.07 Å². The maximum absolute atomic E-state index is 12.2. The molecule has 136 valence electrons. The minimum Gasteiger partial charge on any atom is -0.330 e. The van der Waals surface area contributed by atoms with Gasteiger partial charge < -0.3 is 11.1 Å². The van der Waals surface area contributed by atoms with Gasteiger partial charge in [0, 0.05) is 18.2 Å². The Morgan fingerprint density at radius 2 is 2.04 bits per heavy atom. The third kappa shape index (κ3) is 2.93. The molecule has 0 fully saturated rings. The molecule has 4 rings (SSSR count). The van der Waals surface area contributed by atoms with Gasteiger partial charge in [-0.25, -0.2) is 0 Å². The fourth-order valence-corrected chi connectivity index (χ4v) is 4.52. The van der Waals surface area contributed by atoms with Crippen molar-refractivity contribution in [3.63, 3.8) is 0 Å². The fourth-order valence-electron chi connectivity index (χ4n) is 4.52. The van der Waals surface area contributed by atoms with E-state index >= 15 is 0 Å². The van der Waals surface area contributed by atoms with Crippen molar-refractivity contribution < 1.29 is 4.79 Å². The topological polar surface area (TPSA) is 67.1 Å². The summed E-state index contributed by atoms with van der Waals surface area (Å²) < 4.78 is 0. The number of hydrogen-bond acceptors (Lipinski definition) is 3. The highest BCUT2D eigenvalue weighted by molar-refractivity contribution is 5.90. The molecular formula is C22H27N3O. The lowest BCUT2D eigenvalue weighted by atomic mass is 9.82. The van der Waals surface area contributed by atoms with Gasteiger partial charge in [0.1, 0.15) is 0 Å². The van der Waals surface area contributed by atoms with E-state index in [0.717, 1.165) is 31.4 Å². The molecule has 2 aromatic rings. The van der Waals surface area contributed by atoms with Crippen molar-refractivity contribution in [1.82, 2.24) is 5.32 Å². The first-order chi connectivity index (χ1) is 12.6. The van der Waals surface area contributed by atoms with Crippen LogP contribution in [0.1, 0.15) is 60.9 Å². The monoisotopic (exact) mass is 349 g/mol. The van der Waals surface area contributed by atoms with Crippen LogP contribution in [0.5, 0.6) is 0 Å². The fraction of sp³-hybridized carbons (Fsp3) is 0.409. The van der Waals surface area contributed by atoms with Crippen LogP contribution in [0.25, 0.3) is 0 Å². The van der Waals surface area contributed by atoms with Crippen LogP contribution in [0.4, 0.5) is 5.69 Å². The predicted molar refractivity (Wildman–Crippen MR) is 105 cm³/mol. The average molecular weight is 349 g/mol. The molecule has 2 atom stereocenters. The van der Waals surface area contributed by atoms with Crippen molar-refractivity contribution in [1.29, 1.82) is 0 Å². The molecule has 2 heterocycles. The van der Waals surface area contributed by atoms with E-state index in [0.29, 0.717) is 19.0 Å². The highest BCUT2D eigenvalue weighted by Crippen LogP contribution is 2.48. The number of amides is 1. The van der Waals surface area contributed by atoms with Crippen molar-refractivity contribution in [2.45, 2.75) is 50.6 Å². The highest BCUT2D eigenvalue weighted by atomic mass is 16.1. The molecule has 0 radical (unpaired) electrons. The van der Waals surface area contributed by atoms with E-state index in [4.69, 9.17) is 5.73 Å². The summed E-state index contributed by atoms with van der Waals surface area (Å²) in [5.74, 6) is 0.0911. The van der Waals surface area contributed by atoms with Crippen molar-refractivity contribution in [2.24, 2.45) is 5.73 Å². The molecule has 2 bridgehead atoms. The smallest absolute Gasteiger partial charge is 0.224 e. The van der Waals surface area contributed by atoms with E-state index in [2.05, 4.69) is 54.0 Å². The minimum absolute atomic E-state index is 0.0911. The lowest BCUT2D eigenvalue weighted by Crippen LogP contribution is -2.41. The number of nitrogens with one attached hydrogen (secondary N) is 2. The van der Waals surface area contributed by atoms with Gasteiger partial charge in [-0.2, -0.15) is 0 Å². The van der Waals surface area contributed by atoms with Crippen molar-refractivity contribution in [2.75, 3.05) is 11.9 Å². The van der Waals surface area contributed by atoms with Gasteiger partial charge in [0.2, 0.25) is 5.91 Å². The first-order valence-corrected chi connectivity index (χ1v) is 9.62. The second kappa shape index (κ2) is 6.86. The van der Waals surface area contributed by atoms with Crippen LogP contribution in [0.15, 0.2) is 42.5 Å². The number of hydrogen-bond donors (Lipinski definition) is 3. The summed E-state index contributed by atoms with van der Waals surface area (Å²) in [7, 11) is 0. The number of fused-ring (bicyclic) bond motifs is 7. The van der Waals surface area contributed by atoms with Gasteiger partial charge in [-0.3, -0.25) is 10.1 Å². The first kappa shape index (κ1) is 17.3. The Bertz CT molecular complexity index is 832. The molecule has 2 aromatic carbocycles. The number of nitrogens with two attached hydrogens (primary N) is 1. The Kier molecular flexibility index (Phi) is 4.55. The molecule has 0 aromatic heterocycles. The van der Waals surface area contributed by atoms with Crippen LogP contribution in [0.3, 0.4) is 0 Å². The molecule has 0 aliphatic carbocycles. The van der Waals surface area contributed by atoms with Gasteiger partial charge >= 0.3 is 0 Å². The second-order valence-corrected chi connectivity index (χ2v) is 7.63. The molecule has 2 unspecified atom stereocenters. The normalized spacial score (nSPS) is 22.6. The van der Waals surface area contributed by atoms with Gasteiger partial charge in [0.25, 0.3) is 0 Å². The number of carbonyl (C=O) groups is 1. The molecule has 2 aliphatic rings. The standard InChI is InChI=1S/C22H27N3O/c1-22-18-11-10-16(24-21(26)9-3-2-6-12-23)13-15(18)14-20(25-22)17-7-4-5-8-19(17)22/h4-5,7-8,10-11,13,20,25H,2-3,6,9,12,14,23H2,1H3,(H,24,26). The number of benzene rings is 2. The summed E-state index contributed by atoms with van der Waals surface area (Å²) in [6.07, 6.45) is 4.41. The largest absolute Gasteiger partial charge is 0.330 e. The summed E-state index contributed by atoms with van der Waals surface area (Å²) in [6.45, 7) is 2.96. The quantitative estimate of drug-likeness (QED) is 0.698. The van der Waals surface area contributed by atoms with Crippen LogP contribution in [-0.4, -0.2) is 12.5 Å². The minimum atomic E-state index is -0.139. The molecule has 4 N–H and O–H groups in total. The maximum Gasteiger partial charge on any atom is 0.224 e. The highest BCUT2D eigenvalue weighted by Gasteiger charge is 2.45. The van der Waals surface area contributed by atoms with Gasteiger partial charge in [-0.1, -0.05) is 36.8 Å². The third-order valence-electron chi connectivity index (χ3n) is 5.80. The number of unbranched alkanes of at least 4 members (excludes halogenated alkanes) is 2. The lowest BCUT2D eigenvalue weighted by molar-refractivity contribution is -0.116. The van der Waals surface area contributed by atoms with Crippen molar-refractivity contribution in [3.8, 4) is 0 Å². The zero-order chi connectivity index (χ0) is 18.1. The molecular weight excluding hydrogens is 322 g/mol. The lowest BCUT2D eigenvalue weighted by Gasteiger charge is -2.35. The van der Waals surface area contributed by atoms with Crippen LogP contribution in [-0.2, 0) is 16.8 Å². The summed E-state index contributed by atoms with van der Waals surface area (Å²) in [5, 5.41) is 6.85. The summed E-state index contributed by atoms with van der Waals surface area (Å²) >= 11 is 0. The summed E-state index contributed by atoms with van der Waals surface area (Å²) in [5.41, 5.74) is 11.7. The number of carbonyl (C=O) groups excluding carboxylic acids is 1. The van der Waals surface area contributed by atoms with Gasteiger partial charge in [-0.15, -0.1) is 0 Å². The number of anilines is 1. The van der Waals surface area contributed by atoms with Gasteiger partial charge in [-0.05, 0) is 67.1 Å². The average Bonchev–Trinajstić information content (AvgIpc) is 2.87. The van der Waals surface area contributed by atoms with Crippen molar-refractivity contribution >= 4 is 11.6 Å². The van der Waals surface area contributed by atoms with E-state index in [1.165, 1.54) is 22.3 Å². The van der Waals surface area contributed by atoms with E-state index in [1.54, 1.807) is 0 Å². The molecule has 0 saturated heterocycles. The Morgan fingerprint density at radius 3 is 2.88 bits per heavy atom. The Morgan fingerprint density at radius 1 is 1.19 bits per heavy atom. The predicted octanol–water partition coefficient (Wildman–Crippen LogP) is 3.61. The molecule has 0 spiro atoms. The molecule has 26 heavy (non-hydrogen) atoms. The van der Waals surface area contributed by atoms with E-state index < -0.39 is 0 Å². The van der Waals surface area contributed by atoms with E-state index in [-0.39, 0.29) is 11.4 Å². The van der Waals surface area contributed by atoms with Crippen LogP contribution in [0, 0.1) is 0 Å². The second-order valence-electron chi connectivity index (χ2n) is 7.63.